The number of nitrogens with zero attached hydrogens (tertiary/aromatic N) is 1. The van der Waals surface area contributed by atoms with Crippen molar-refractivity contribution < 1.29 is 28.7 Å². The van der Waals surface area contributed by atoms with Gasteiger partial charge in [0.2, 0.25) is 11.8 Å². The van der Waals surface area contributed by atoms with Gasteiger partial charge in [0.25, 0.3) is 0 Å². The van der Waals surface area contributed by atoms with Gasteiger partial charge in [-0.15, -0.1) is 11.3 Å². The third-order valence-corrected chi connectivity index (χ3v) is 11.7. The summed E-state index contributed by atoms with van der Waals surface area (Å²) in [7, 11) is 0. The normalized spacial score (nSPS) is 20.2. The van der Waals surface area contributed by atoms with E-state index in [0.717, 1.165) is 52.5 Å². The average Bonchev–Trinajstić information content (AvgIpc) is 3.54. The number of aromatic nitrogens is 1. The largest absolute Gasteiger partial charge is 0.493 e. The zero-order valence-corrected chi connectivity index (χ0v) is 30.2. The number of thiazole rings is 1. The summed E-state index contributed by atoms with van der Waals surface area (Å²) in [4.78, 5) is 60.2. The van der Waals surface area contributed by atoms with Crippen LogP contribution in [0.15, 0.2) is 42.5 Å². The molecule has 1 aromatic heterocycles. The van der Waals surface area contributed by atoms with E-state index in [4.69, 9.17) is 26.1 Å². The van der Waals surface area contributed by atoms with E-state index < -0.39 is 17.9 Å². The SMILES string of the molecule is CCC(=O)C[C@@H](Cc1nc2ccc(Cl)cc2s1)C(=O)N[C@H](C(=O)C[C@H](C(=O)N[C@@H]1CCOc2ccccc21)C1CCNCC1)C1CCOCC1. The zero-order chi connectivity index (χ0) is 35.0. The van der Waals surface area contributed by atoms with E-state index in [-0.39, 0.29) is 60.5 Å². The summed E-state index contributed by atoms with van der Waals surface area (Å²) >= 11 is 7.66. The van der Waals surface area contributed by atoms with Crippen LogP contribution >= 0.6 is 22.9 Å². The van der Waals surface area contributed by atoms with Gasteiger partial charge in [-0.2, -0.15) is 0 Å². The first-order valence-corrected chi connectivity index (χ1v) is 19.2. The number of hydrogen-bond acceptors (Lipinski definition) is 9. The van der Waals surface area contributed by atoms with Crippen LogP contribution in [0.25, 0.3) is 10.2 Å². The summed E-state index contributed by atoms with van der Waals surface area (Å²) in [5, 5.41) is 11.1. The average molecular weight is 723 g/mol. The van der Waals surface area contributed by atoms with Crippen molar-refractivity contribution in [3.8, 4) is 5.75 Å². The van der Waals surface area contributed by atoms with Crippen LogP contribution in [-0.4, -0.2) is 67.3 Å². The Morgan fingerprint density at radius 2 is 1.74 bits per heavy atom. The number of ether oxygens (including phenoxy) is 2. The van der Waals surface area contributed by atoms with Gasteiger partial charge in [-0.25, -0.2) is 4.98 Å². The molecule has 0 bridgehead atoms. The minimum Gasteiger partial charge on any atom is -0.493 e. The molecule has 10 nitrogen and oxygen atoms in total. The molecule has 12 heteroatoms. The molecule has 0 radical (unpaired) electrons. The minimum absolute atomic E-state index is 0.0272. The van der Waals surface area contributed by atoms with Gasteiger partial charge in [0, 0.05) is 61.8 Å². The molecule has 0 unspecified atom stereocenters. The van der Waals surface area contributed by atoms with Crippen molar-refractivity contribution in [2.75, 3.05) is 32.9 Å². The zero-order valence-electron chi connectivity index (χ0n) is 28.6. The first-order valence-electron chi connectivity index (χ1n) is 18.0. The standard InChI is InChI=1S/C38H47ClN4O6S/c1-2-27(44)19-25(20-35-41-31-8-7-26(39)21-34(31)50-35)37(46)43-36(24-11-16-48-17-12-24)32(45)22-29(23-9-14-40-15-10-23)38(47)42-30-13-18-49-33-6-4-3-5-28(30)33/h3-8,21,23-25,29-30,36,40H,2,9-20,22H2,1H3,(H,42,47)(H,43,46)/t25-,29-,30+,36-/m0/s1. The Hall–Kier alpha value is -3.38. The molecule has 4 atom stereocenters. The van der Waals surface area contributed by atoms with Gasteiger partial charge < -0.3 is 25.4 Å². The fraction of sp³-hybridized carbons (Fsp3) is 0.553. The lowest BCUT2D eigenvalue weighted by Crippen LogP contribution is -2.51. The third-order valence-electron chi connectivity index (χ3n) is 10.4. The van der Waals surface area contributed by atoms with Gasteiger partial charge in [0.1, 0.15) is 11.5 Å². The summed E-state index contributed by atoms with van der Waals surface area (Å²) in [6, 6.07) is 12.2. The molecule has 2 aromatic carbocycles. The van der Waals surface area contributed by atoms with Crippen LogP contribution in [0.4, 0.5) is 0 Å². The Morgan fingerprint density at radius 3 is 2.52 bits per heavy atom. The van der Waals surface area contributed by atoms with Crippen molar-refractivity contribution in [2.45, 2.75) is 76.8 Å². The molecule has 2 fully saturated rings. The number of fused-ring (bicyclic) bond motifs is 2. The number of amides is 2. The number of benzene rings is 2. The predicted molar refractivity (Wildman–Crippen MR) is 193 cm³/mol. The summed E-state index contributed by atoms with van der Waals surface area (Å²) in [6.45, 7) is 4.86. The Labute approximate surface area is 302 Å². The van der Waals surface area contributed by atoms with Crippen LogP contribution in [0, 0.1) is 23.7 Å². The van der Waals surface area contributed by atoms with Crippen molar-refractivity contribution in [1.29, 1.82) is 0 Å². The number of carbonyl (C=O) groups excluding carboxylic acids is 4. The molecule has 268 valence electrons. The highest BCUT2D eigenvalue weighted by atomic mass is 35.5. The first kappa shape index (κ1) is 36.4. The smallest absolute Gasteiger partial charge is 0.224 e. The van der Waals surface area contributed by atoms with E-state index in [2.05, 4.69) is 16.0 Å². The number of para-hydroxylation sites is 1. The maximum Gasteiger partial charge on any atom is 0.224 e. The Morgan fingerprint density at radius 1 is 0.960 bits per heavy atom. The van der Waals surface area contributed by atoms with Gasteiger partial charge >= 0.3 is 0 Å². The van der Waals surface area contributed by atoms with Gasteiger partial charge in [0.15, 0.2) is 5.78 Å². The molecule has 50 heavy (non-hydrogen) atoms. The van der Waals surface area contributed by atoms with Crippen molar-refractivity contribution in [3.05, 3.63) is 58.1 Å². The molecule has 0 spiro atoms. The van der Waals surface area contributed by atoms with Crippen LogP contribution in [0.2, 0.25) is 5.02 Å². The number of nitrogens with one attached hydrogen (secondary N) is 3. The summed E-state index contributed by atoms with van der Waals surface area (Å²) in [6.07, 6.45) is 4.14. The summed E-state index contributed by atoms with van der Waals surface area (Å²) in [5.41, 5.74) is 1.73. The molecular formula is C38H47ClN4O6S. The molecule has 3 aliphatic heterocycles. The second-order valence-corrected chi connectivity index (χ2v) is 15.3. The van der Waals surface area contributed by atoms with Crippen LogP contribution in [0.3, 0.4) is 0 Å². The first-order chi connectivity index (χ1) is 24.3. The molecule has 2 saturated heterocycles. The van der Waals surface area contributed by atoms with Gasteiger partial charge in [-0.1, -0.05) is 36.7 Å². The molecule has 0 saturated carbocycles. The van der Waals surface area contributed by atoms with Crippen LogP contribution in [0.1, 0.15) is 74.9 Å². The van der Waals surface area contributed by atoms with E-state index in [1.807, 2.05) is 36.4 Å². The van der Waals surface area contributed by atoms with E-state index >= 15 is 0 Å². The van der Waals surface area contributed by atoms with Crippen LogP contribution in [0.5, 0.6) is 5.75 Å². The monoisotopic (exact) mass is 722 g/mol. The van der Waals surface area contributed by atoms with Crippen molar-refractivity contribution in [1.82, 2.24) is 20.9 Å². The summed E-state index contributed by atoms with van der Waals surface area (Å²) < 4.78 is 12.4. The highest BCUT2D eigenvalue weighted by Gasteiger charge is 2.39. The number of piperidine rings is 1. The fourth-order valence-electron chi connectivity index (χ4n) is 7.54. The fourth-order valence-corrected chi connectivity index (χ4v) is 8.86. The highest BCUT2D eigenvalue weighted by Crippen LogP contribution is 2.34. The Bertz CT molecular complexity index is 1670. The minimum atomic E-state index is -0.791. The number of carbonyl (C=O) groups is 4. The second kappa shape index (κ2) is 17.2. The topological polar surface area (TPSA) is 136 Å². The molecule has 3 aliphatic rings. The predicted octanol–water partition coefficient (Wildman–Crippen LogP) is 5.60. The molecule has 4 heterocycles. The number of Topliss-reactive ketones (excluding diaryl/α,β-unsaturated/α-hetero) is 2. The summed E-state index contributed by atoms with van der Waals surface area (Å²) in [5.74, 6) is -1.20. The number of halogens is 1. The highest BCUT2D eigenvalue weighted by molar-refractivity contribution is 7.18. The second-order valence-electron chi connectivity index (χ2n) is 13.8. The van der Waals surface area contributed by atoms with Gasteiger partial charge in [0.05, 0.1) is 39.8 Å². The number of ketones is 2. The van der Waals surface area contributed by atoms with Crippen molar-refractivity contribution in [3.63, 3.8) is 0 Å². The van der Waals surface area contributed by atoms with Crippen molar-refractivity contribution >= 4 is 56.5 Å². The maximum absolute atomic E-state index is 14.5. The van der Waals surface area contributed by atoms with Crippen molar-refractivity contribution in [2.24, 2.45) is 23.7 Å². The lowest BCUT2D eigenvalue weighted by molar-refractivity contribution is -0.136. The van der Waals surface area contributed by atoms with Gasteiger partial charge in [-0.05, 0) is 74.9 Å². The quantitative estimate of drug-likeness (QED) is 0.196. The lowest BCUT2D eigenvalue weighted by atomic mass is 9.78. The molecule has 0 aliphatic carbocycles. The van der Waals surface area contributed by atoms with Crippen LogP contribution < -0.4 is 20.7 Å². The molecule has 3 N–H and O–H groups in total. The van der Waals surface area contributed by atoms with E-state index in [9.17, 15) is 19.2 Å². The lowest BCUT2D eigenvalue weighted by Gasteiger charge is -2.35. The molecule has 6 rings (SSSR count). The van der Waals surface area contributed by atoms with E-state index in [1.54, 1.807) is 13.0 Å². The third kappa shape index (κ3) is 9.09. The maximum atomic E-state index is 14.5. The van der Waals surface area contributed by atoms with E-state index in [0.29, 0.717) is 50.5 Å². The van der Waals surface area contributed by atoms with Crippen LogP contribution in [-0.2, 0) is 30.3 Å². The number of hydrogen-bond donors (Lipinski definition) is 3. The molecule has 2 amide bonds. The van der Waals surface area contributed by atoms with E-state index in [1.165, 1.54) is 11.3 Å². The molecular weight excluding hydrogens is 676 g/mol. The Kier molecular flexibility index (Phi) is 12.5. The van der Waals surface area contributed by atoms with Gasteiger partial charge in [-0.3, -0.25) is 19.2 Å². The molecule has 3 aromatic rings. The number of rotatable bonds is 14. The Balaban J connectivity index is 1.22.